The molecule has 1 aromatic heterocycles. The Bertz CT molecular complexity index is 1150. The molecule has 28 heavy (non-hydrogen) atoms. The summed E-state index contributed by atoms with van der Waals surface area (Å²) in [4.78, 5) is 4.52. The van der Waals surface area contributed by atoms with Crippen LogP contribution in [0, 0.1) is 0 Å². The van der Waals surface area contributed by atoms with Crippen molar-refractivity contribution < 1.29 is 9.47 Å². The number of aliphatic imine (C=N–C) groups is 1. The lowest BCUT2D eigenvalue weighted by Gasteiger charge is -2.32. The molecule has 2 aromatic carbocycles. The van der Waals surface area contributed by atoms with E-state index >= 15 is 0 Å². The van der Waals surface area contributed by atoms with Gasteiger partial charge in [0, 0.05) is 36.1 Å². The SMILES string of the molecule is Cn1ccc2c(C3=CC(N)(Cc4ccc5c(c4)OCO5)NC(N)=N3)cccc21. The van der Waals surface area contributed by atoms with E-state index in [-0.39, 0.29) is 6.79 Å². The molecule has 7 nitrogen and oxygen atoms in total. The lowest BCUT2D eigenvalue weighted by molar-refractivity contribution is 0.174. The van der Waals surface area contributed by atoms with E-state index in [1.54, 1.807) is 0 Å². The summed E-state index contributed by atoms with van der Waals surface area (Å²) in [5, 5.41) is 4.23. The van der Waals surface area contributed by atoms with Crippen molar-refractivity contribution in [3.05, 3.63) is 65.9 Å². The molecule has 0 aliphatic carbocycles. The Labute approximate surface area is 162 Å². The third-order valence-electron chi connectivity index (χ3n) is 5.13. The molecule has 3 aromatic rings. The van der Waals surface area contributed by atoms with E-state index in [4.69, 9.17) is 20.9 Å². The molecule has 2 aliphatic rings. The van der Waals surface area contributed by atoms with Crippen LogP contribution in [0.15, 0.2) is 59.7 Å². The fourth-order valence-electron chi connectivity index (χ4n) is 3.86. The maximum absolute atomic E-state index is 6.68. The predicted molar refractivity (Wildman–Crippen MR) is 109 cm³/mol. The molecule has 7 heteroatoms. The summed E-state index contributed by atoms with van der Waals surface area (Å²) in [5.41, 5.74) is 15.8. The van der Waals surface area contributed by atoms with Crippen LogP contribution in [0.25, 0.3) is 16.6 Å². The lowest BCUT2D eigenvalue weighted by Crippen LogP contribution is -2.59. The number of nitrogens with zero attached hydrogens (tertiary/aromatic N) is 2. The number of aryl methyl sites for hydroxylation is 1. The van der Waals surface area contributed by atoms with Gasteiger partial charge in [-0.3, -0.25) is 0 Å². The highest BCUT2D eigenvalue weighted by Gasteiger charge is 2.29. The Hall–Kier alpha value is -3.45. The molecule has 0 spiro atoms. The number of guanidine groups is 1. The molecule has 5 rings (SSSR count). The highest BCUT2D eigenvalue weighted by Crippen LogP contribution is 2.34. The molecule has 5 N–H and O–H groups in total. The third kappa shape index (κ3) is 2.76. The summed E-state index contributed by atoms with van der Waals surface area (Å²) < 4.78 is 12.9. The molecule has 1 atom stereocenters. The zero-order chi connectivity index (χ0) is 19.3. The second-order valence-corrected chi connectivity index (χ2v) is 7.22. The van der Waals surface area contributed by atoms with E-state index in [9.17, 15) is 0 Å². The van der Waals surface area contributed by atoms with Crippen molar-refractivity contribution in [1.82, 2.24) is 9.88 Å². The van der Waals surface area contributed by atoms with Gasteiger partial charge in [-0.25, -0.2) is 4.99 Å². The third-order valence-corrected chi connectivity index (χ3v) is 5.13. The van der Waals surface area contributed by atoms with Gasteiger partial charge in [0.2, 0.25) is 6.79 Å². The number of hydrogen-bond donors (Lipinski definition) is 3. The van der Waals surface area contributed by atoms with Crippen LogP contribution in [0.3, 0.4) is 0 Å². The van der Waals surface area contributed by atoms with Gasteiger partial charge in [-0.1, -0.05) is 18.2 Å². The minimum Gasteiger partial charge on any atom is -0.454 e. The molecule has 0 saturated heterocycles. The highest BCUT2D eigenvalue weighted by atomic mass is 16.7. The van der Waals surface area contributed by atoms with Gasteiger partial charge in [-0.15, -0.1) is 0 Å². The van der Waals surface area contributed by atoms with Crippen molar-refractivity contribution >= 4 is 22.6 Å². The largest absolute Gasteiger partial charge is 0.454 e. The van der Waals surface area contributed by atoms with E-state index < -0.39 is 5.66 Å². The summed E-state index contributed by atoms with van der Waals surface area (Å²) in [6, 6.07) is 14.0. The molecular weight excluding hydrogens is 354 g/mol. The summed E-state index contributed by atoms with van der Waals surface area (Å²) in [6.07, 6.45) is 4.50. The summed E-state index contributed by atoms with van der Waals surface area (Å²) >= 11 is 0. The van der Waals surface area contributed by atoms with Crippen molar-refractivity contribution in [1.29, 1.82) is 0 Å². The zero-order valence-corrected chi connectivity index (χ0v) is 15.5. The molecule has 2 aliphatic heterocycles. The van der Waals surface area contributed by atoms with Gasteiger partial charge < -0.3 is 30.8 Å². The summed E-state index contributed by atoms with van der Waals surface area (Å²) in [7, 11) is 2.02. The van der Waals surface area contributed by atoms with Crippen molar-refractivity contribution in [3.63, 3.8) is 0 Å². The number of rotatable bonds is 3. The first-order chi connectivity index (χ1) is 13.5. The average molecular weight is 375 g/mol. The monoisotopic (exact) mass is 375 g/mol. The average Bonchev–Trinajstić information content (AvgIpc) is 3.27. The Kier molecular flexibility index (Phi) is 3.60. The minimum absolute atomic E-state index is 0.246. The van der Waals surface area contributed by atoms with E-state index in [2.05, 4.69) is 27.0 Å². The van der Waals surface area contributed by atoms with E-state index in [0.29, 0.717) is 12.4 Å². The van der Waals surface area contributed by atoms with E-state index in [0.717, 1.165) is 39.2 Å². The molecule has 0 amide bonds. The van der Waals surface area contributed by atoms with Gasteiger partial charge in [0.1, 0.15) is 5.66 Å². The lowest BCUT2D eigenvalue weighted by atomic mass is 9.95. The minimum atomic E-state index is -0.869. The molecule has 0 bridgehead atoms. The van der Waals surface area contributed by atoms with Crippen LogP contribution < -0.4 is 26.3 Å². The summed E-state index contributed by atoms with van der Waals surface area (Å²) in [5.74, 6) is 1.78. The van der Waals surface area contributed by atoms with E-state index in [1.165, 1.54) is 0 Å². The number of nitrogens with two attached hydrogens (primary N) is 2. The smallest absolute Gasteiger partial charge is 0.231 e. The van der Waals surface area contributed by atoms with Crippen LogP contribution >= 0.6 is 0 Å². The molecule has 0 radical (unpaired) electrons. The fraction of sp³-hybridized carbons (Fsp3) is 0.190. The van der Waals surface area contributed by atoms with E-state index in [1.807, 2.05) is 49.7 Å². The Morgan fingerprint density at radius 1 is 1.18 bits per heavy atom. The van der Waals surface area contributed by atoms with Crippen molar-refractivity contribution in [2.75, 3.05) is 6.79 Å². The van der Waals surface area contributed by atoms with Crippen LogP contribution in [0.2, 0.25) is 0 Å². The molecule has 3 heterocycles. The van der Waals surface area contributed by atoms with Gasteiger partial charge in [-0.05, 0) is 35.9 Å². The Morgan fingerprint density at radius 3 is 2.93 bits per heavy atom. The van der Waals surface area contributed by atoms with Crippen molar-refractivity contribution in [3.8, 4) is 11.5 Å². The van der Waals surface area contributed by atoms with Crippen molar-refractivity contribution in [2.24, 2.45) is 23.5 Å². The number of fused-ring (bicyclic) bond motifs is 2. The molecule has 0 saturated carbocycles. The second-order valence-electron chi connectivity index (χ2n) is 7.22. The van der Waals surface area contributed by atoms with Gasteiger partial charge in [-0.2, -0.15) is 0 Å². The molecular formula is C21H21N5O2. The number of benzene rings is 2. The number of nitrogens with one attached hydrogen (secondary N) is 1. The number of aromatic nitrogens is 1. The van der Waals surface area contributed by atoms with Crippen LogP contribution in [0.4, 0.5) is 0 Å². The maximum atomic E-state index is 6.68. The van der Waals surface area contributed by atoms with Crippen LogP contribution in [0.5, 0.6) is 11.5 Å². The molecule has 1 unspecified atom stereocenters. The highest BCUT2D eigenvalue weighted by molar-refractivity contribution is 5.97. The van der Waals surface area contributed by atoms with Gasteiger partial charge in [0.15, 0.2) is 17.5 Å². The molecule has 0 fully saturated rings. The zero-order valence-electron chi connectivity index (χ0n) is 15.5. The Balaban J connectivity index is 1.53. The van der Waals surface area contributed by atoms with Crippen molar-refractivity contribution in [2.45, 2.75) is 12.1 Å². The summed E-state index contributed by atoms with van der Waals surface area (Å²) in [6.45, 7) is 0.246. The standard InChI is InChI=1S/C21H21N5O2/c1-26-8-7-15-14(3-2-4-17(15)26)16-11-21(23,25-20(22)24-16)10-13-5-6-18-19(9-13)28-12-27-18/h2-9,11H,10,12,23H2,1H3,(H3,22,24,25). The Morgan fingerprint density at radius 2 is 2.04 bits per heavy atom. The first-order valence-corrected chi connectivity index (χ1v) is 9.08. The van der Waals surface area contributed by atoms with Gasteiger partial charge in [0.05, 0.1) is 5.70 Å². The van der Waals surface area contributed by atoms with Crippen LogP contribution in [-0.2, 0) is 13.5 Å². The van der Waals surface area contributed by atoms with Crippen LogP contribution in [-0.4, -0.2) is 23.0 Å². The van der Waals surface area contributed by atoms with Crippen LogP contribution in [0.1, 0.15) is 11.1 Å². The first kappa shape index (κ1) is 16.7. The topological polar surface area (TPSA) is 99.8 Å². The van der Waals surface area contributed by atoms with Gasteiger partial charge >= 0.3 is 0 Å². The fourth-order valence-corrected chi connectivity index (χ4v) is 3.86. The number of hydrogen-bond acceptors (Lipinski definition) is 6. The van der Waals surface area contributed by atoms with Gasteiger partial charge in [0.25, 0.3) is 0 Å². The maximum Gasteiger partial charge on any atom is 0.231 e. The normalized spacial score (nSPS) is 20.6. The predicted octanol–water partition coefficient (Wildman–Crippen LogP) is 2.06. The first-order valence-electron chi connectivity index (χ1n) is 9.08. The quantitative estimate of drug-likeness (QED) is 0.651. The number of ether oxygens (including phenoxy) is 2. The molecule has 142 valence electrons. The second kappa shape index (κ2) is 6.03.